The molecule has 0 saturated heterocycles. The van der Waals surface area contributed by atoms with Crippen molar-refractivity contribution in [3.8, 4) is 11.5 Å². The molecule has 12 heteroatoms. The smallest absolute Gasteiger partial charge is 0.387 e. The highest BCUT2D eigenvalue weighted by atomic mass is 19.3. The summed E-state index contributed by atoms with van der Waals surface area (Å²) in [6, 6.07) is 3.79. The number of carbonyl (C=O) groups is 1. The van der Waals surface area contributed by atoms with E-state index in [0.717, 1.165) is 16.9 Å². The molecule has 6 nitrogen and oxygen atoms in total. The third-order valence-corrected chi connectivity index (χ3v) is 4.14. The predicted octanol–water partition coefficient (Wildman–Crippen LogP) is 4.74. The number of hydrogen-bond donors (Lipinski definition) is 1. The molecule has 1 N–H and O–H groups in total. The van der Waals surface area contributed by atoms with E-state index in [1.165, 1.54) is 18.3 Å². The fourth-order valence-electron chi connectivity index (χ4n) is 2.74. The third kappa shape index (κ3) is 5.13. The van der Waals surface area contributed by atoms with Crippen molar-refractivity contribution in [2.45, 2.75) is 20.1 Å². The van der Waals surface area contributed by atoms with Gasteiger partial charge in [-0.05, 0) is 25.1 Å². The molecular weight excluding hydrogens is 444 g/mol. The molecule has 0 saturated carbocycles. The molecule has 1 amide bonds. The van der Waals surface area contributed by atoms with E-state index in [0.29, 0.717) is 0 Å². The average molecular weight is 459 g/mol. The van der Waals surface area contributed by atoms with Gasteiger partial charge in [0.15, 0.2) is 29.0 Å². The van der Waals surface area contributed by atoms with Gasteiger partial charge in [-0.1, -0.05) is 0 Å². The van der Waals surface area contributed by atoms with E-state index in [4.69, 9.17) is 4.74 Å². The highest BCUT2D eigenvalue weighted by Crippen LogP contribution is 2.30. The van der Waals surface area contributed by atoms with E-state index < -0.39 is 47.9 Å². The lowest BCUT2D eigenvalue weighted by molar-refractivity contribution is -0.0514. The Morgan fingerprint density at radius 1 is 1.09 bits per heavy atom. The summed E-state index contributed by atoms with van der Waals surface area (Å²) in [5, 5.41) is 6.27. The summed E-state index contributed by atoms with van der Waals surface area (Å²) in [5.41, 5.74) is -0.592. The third-order valence-electron chi connectivity index (χ3n) is 4.14. The lowest BCUT2D eigenvalue weighted by atomic mass is 10.2. The number of halogens is 6. The maximum absolute atomic E-state index is 13.8. The van der Waals surface area contributed by atoms with Gasteiger partial charge in [-0.3, -0.25) is 9.48 Å². The van der Waals surface area contributed by atoms with Crippen molar-refractivity contribution >= 4 is 11.6 Å². The van der Waals surface area contributed by atoms with Gasteiger partial charge in [0.25, 0.3) is 5.91 Å². The quantitative estimate of drug-likeness (QED) is 0.300. The molecule has 170 valence electrons. The van der Waals surface area contributed by atoms with Gasteiger partial charge >= 0.3 is 6.61 Å². The number of carbonyl (C=O) groups excluding carboxylic acids is 1. The number of amides is 1. The van der Waals surface area contributed by atoms with Crippen molar-refractivity contribution in [3.05, 3.63) is 71.1 Å². The molecule has 0 bridgehead atoms. The minimum absolute atomic E-state index is 0.0421. The second kappa shape index (κ2) is 9.62. The number of nitrogens with zero attached hydrogens (tertiary/aromatic N) is 2. The number of aromatic nitrogens is 2. The number of anilines is 1. The fourth-order valence-corrected chi connectivity index (χ4v) is 2.74. The number of alkyl halides is 2. The molecule has 0 unspecified atom stereocenters. The molecule has 32 heavy (non-hydrogen) atoms. The van der Waals surface area contributed by atoms with Crippen LogP contribution in [0.25, 0.3) is 0 Å². The van der Waals surface area contributed by atoms with Crippen LogP contribution in [-0.4, -0.2) is 28.9 Å². The summed E-state index contributed by atoms with van der Waals surface area (Å²) < 4.78 is 89.5. The van der Waals surface area contributed by atoms with Gasteiger partial charge in [-0.25, -0.2) is 17.6 Å². The summed E-state index contributed by atoms with van der Waals surface area (Å²) >= 11 is 0. The molecule has 3 aromatic rings. The molecule has 0 aliphatic heterocycles. The molecule has 0 spiro atoms. The van der Waals surface area contributed by atoms with Crippen LogP contribution in [0.1, 0.15) is 22.8 Å². The van der Waals surface area contributed by atoms with Crippen LogP contribution in [0.4, 0.5) is 32.0 Å². The van der Waals surface area contributed by atoms with Crippen molar-refractivity contribution in [1.82, 2.24) is 9.78 Å². The Balaban J connectivity index is 1.75. The van der Waals surface area contributed by atoms with Gasteiger partial charge < -0.3 is 14.8 Å². The molecule has 0 aliphatic carbocycles. The molecule has 0 radical (unpaired) electrons. The normalized spacial score (nSPS) is 11.0. The topological polar surface area (TPSA) is 65.4 Å². The minimum Gasteiger partial charge on any atom is -0.490 e. The summed E-state index contributed by atoms with van der Waals surface area (Å²) in [6.45, 7) is -1.90. The monoisotopic (exact) mass is 459 g/mol. The molecule has 0 fully saturated rings. The van der Waals surface area contributed by atoms with Crippen LogP contribution in [0.2, 0.25) is 0 Å². The van der Waals surface area contributed by atoms with Gasteiger partial charge in [-0.2, -0.15) is 13.9 Å². The Morgan fingerprint density at radius 3 is 2.53 bits per heavy atom. The zero-order valence-electron chi connectivity index (χ0n) is 16.3. The first-order chi connectivity index (χ1) is 15.2. The van der Waals surface area contributed by atoms with E-state index in [-0.39, 0.29) is 35.4 Å². The van der Waals surface area contributed by atoms with E-state index in [1.807, 2.05) is 0 Å². The summed E-state index contributed by atoms with van der Waals surface area (Å²) in [6.07, 6.45) is 2.36. The highest BCUT2D eigenvalue weighted by molar-refractivity contribution is 6.04. The van der Waals surface area contributed by atoms with Crippen LogP contribution >= 0.6 is 0 Å². The van der Waals surface area contributed by atoms with Crippen molar-refractivity contribution in [3.63, 3.8) is 0 Å². The van der Waals surface area contributed by atoms with Crippen LogP contribution in [0.5, 0.6) is 11.5 Å². The van der Waals surface area contributed by atoms with E-state index in [2.05, 4.69) is 15.2 Å². The molecule has 3 rings (SSSR count). The van der Waals surface area contributed by atoms with Gasteiger partial charge in [0.05, 0.1) is 25.0 Å². The van der Waals surface area contributed by atoms with Crippen molar-refractivity contribution < 1.29 is 40.6 Å². The maximum Gasteiger partial charge on any atom is 0.387 e. The predicted molar refractivity (Wildman–Crippen MR) is 99.8 cm³/mol. The maximum atomic E-state index is 13.8. The summed E-state index contributed by atoms with van der Waals surface area (Å²) in [7, 11) is 0. The summed E-state index contributed by atoms with van der Waals surface area (Å²) in [5.74, 6) is -7.43. The van der Waals surface area contributed by atoms with Crippen molar-refractivity contribution in [2.75, 3.05) is 11.9 Å². The number of rotatable bonds is 8. The van der Waals surface area contributed by atoms with Crippen molar-refractivity contribution in [1.29, 1.82) is 0 Å². The van der Waals surface area contributed by atoms with Crippen molar-refractivity contribution in [2.24, 2.45) is 0 Å². The average Bonchev–Trinajstić information content (AvgIpc) is 3.17. The van der Waals surface area contributed by atoms with Gasteiger partial charge in [0.1, 0.15) is 5.82 Å². The Bertz CT molecular complexity index is 1140. The lowest BCUT2D eigenvalue weighted by Gasteiger charge is -2.12. The Hall–Kier alpha value is -3.70. The van der Waals surface area contributed by atoms with Crippen LogP contribution in [-0.2, 0) is 6.54 Å². The molecular formula is C20H15F6N3O3. The molecule has 2 aromatic carbocycles. The SMILES string of the molecule is CCOc1cc(C(=O)Nc2cnn(Cc3c(F)cc(F)c(F)c3F)c2)ccc1OC(F)F. The number of benzene rings is 2. The largest absolute Gasteiger partial charge is 0.490 e. The Labute approximate surface area is 177 Å². The zero-order chi connectivity index (χ0) is 23.4. The highest BCUT2D eigenvalue weighted by Gasteiger charge is 2.20. The van der Waals surface area contributed by atoms with E-state index in [9.17, 15) is 31.1 Å². The number of ether oxygens (including phenoxy) is 2. The zero-order valence-corrected chi connectivity index (χ0v) is 16.3. The minimum atomic E-state index is -3.08. The first-order valence-corrected chi connectivity index (χ1v) is 9.07. The van der Waals surface area contributed by atoms with Crippen LogP contribution < -0.4 is 14.8 Å². The fraction of sp³-hybridized carbons (Fsp3) is 0.200. The standard InChI is InChI=1S/C20H15F6N3O3/c1-2-31-16-5-10(3-4-15(16)32-20(25)26)19(30)28-11-7-27-29(8-11)9-12-13(21)6-14(22)18(24)17(12)23/h3-8,20H,2,9H2,1H3,(H,28,30). The molecule has 1 aromatic heterocycles. The first kappa shape index (κ1) is 23.0. The first-order valence-electron chi connectivity index (χ1n) is 9.07. The Kier molecular flexibility index (Phi) is 6.91. The molecule has 1 heterocycles. The van der Waals surface area contributed by atoms with Gasteiger partial charge in [0, 0.05) is 23.4 Å². The van der Waals surface area contributed by atoms with E-state index in [1.54, 1.807) is 6.92 Å². The molecule has 0 aliphatic rings. The summed E-state index contributed by atoms with van der Waals surface area (Å²) in [4.78, 5) is 12.5. The van der Waals surface area contributed by atoms with E-state index >= 15 is 0 Å². The number of hydrogen-bond acceptors (Lipinski definition) is 4. The van der Waals surface area contributed by atoms with Crippen LogP contribution in [0.3, 0.4) is 0 Å². The second-order valence-electron chi connectivity index (χ2n) is 6.30. The van der Waals surface area contributed by atoms with Crippen LogP contribution in [0, 0.1) is 23.3 Å². The van der Waals surface area contributed by atoms with Crippen LogP contribution in [0.15, 0.2) is 36.7 Å². The van der Waals surface area contributed by atoms with Gasteiger partial charge in [-0.15, -0.1) is 0 Å². The number of nitrogens with one attached hydrogen (secondary N) is 1. The Morgan fingerprint density at radius 2 is 1.84 bits per heavy atom. The van der Waals surface area contributed by atoms with Gasteiger partial charge in [0.2, 0.25) is 0 Å². The lowest BCUT2D eigenvalue weighted by Crippen LogP contribution is -2.12. The second-order valence-corrected chi connectivity index (χ2v) is 6.30. The molecule has 0 atom stereocenters.